The molecule has 0 aliphatic heterocycles. The Kier molecular flexibility index (Phi) is 11.4. The van der Waals surface area contributed by atoms with Gasteiger partial charge < -0.3 is 15.7 Å². The smallest absolute Gasteiger partial charge is 0.243 e. The molecule has 2 aromatic carbocycles. The summed E-state index contributed by atoms with van der Waals surface area (Å²) in [5.41, 5.74) is 3.43. The quantitative estimate of drug-likeness (QED) is 0.239. The number of fused-ring (bicyclic) bond motifs is 1. The highest BCUT2D eigenvalue weighted by molar-refractivity contribution is 7.89. The first-order chi connectivity index (χ1) is 18.6. The summed E-state index contributed by atoms with van der Waals surface area (Å²) >= 11 is 1.37. The summed E-state index contributed by atoms with van der Waals surface area (Å²) in [6, 6.07) is 13.0. The second-order valence-corrected chi connectivity index (χ2v) is 12.5. The third-order valence-electron chi connectivity index (χ3n) is 6.53. The van der Waals surface area contributed by atoms with Gasteiger partial charge in [0.2, 0.25) is 21.8 Å². The molecule has 3 N–H and O–H groups in total. The number of nitrogens with zero attached hydrogens (tertiary/aromatic N) is 2. The number of hydrogen-bond acceptors (Lipinski definition) is 7. The number of carbonyl (C=O) groups excluding carboxylic acids is 2. The van der Waals surface area contributed by atoms with E-state index in [-0.39, 0.29) is 23.9 Å². The summed E-state index contributed by atoms with van der Waals surface area (Å²) in [5.74, 6) is -0.788. The maximum atomic E-state index is 13.7. The average Bonchev–Trinajstić information content (AvgIpc) is 3.38. The van der Waals surface area contributed by atoms with E-state index in [1.165, 1.54) is 22.6 Å². The molecule has 11 heteroatoms. The van der Waals surface area contributed by atoms with Crippen LogP contribution in [0.4, 0.5) is 0 Å². The molecule has 2 amide bonds. The number of rotatable bonds is 15. The molecule has 0 radical (unpaired) electrons. The average molecular weight is 575 g/mol. The SMILES string of the molecule is CCCCCN(C[C@@H](O)[C@H](CCc1ccccc1)NC(=O)[C@H](C)NC(C)=O)S(=O)(=O)c1ccc2ncsc2c1. The van der Waals surface area contributed by atoms with Crippen molar-refractivity contribution < 1.29 is 23.1 Å². The largest absolute Gasteiger partial charge is 0.390 e. The molecule has 0 aliphatic rings. The van der Waals surface area contributed by atoms with Crippen molar-refractivity contribution in [1.82, 2.24) is 19.9 Å². The first-order valence-electron chi connectivity index (χ1n) is 13.2. The lowest BCUT2D eigenvalue weighted by molar-refractivity contribution is -0.128. The van der Waals surface area contributed by atoms with Gasteiger partial charge in [0.25, 0.3) is 0 Å². The maximum Gasteiger partial charge on any atom is 0.243 e. The Bertz CT molecular complexity index is 1330. The number of aliphatic hydroxyl groups is 1. The fourth-order valence-corrected chi connectivity index (χ4v) is 6.65. The van der Waals surface area contributed by atoms with E-state index in [0.717, 1.165) is 28.6 Å². The Morgan fingerprint density at radius 3 is 2.54 bits per heavy atom. The molecular formula is C28H38N4O5S2. The van der Waals surface area contributed by atoms with Crippen LogP contribution in [0.5, 0.6) is 0 Å². The number of hydrogen-bond donors (Lipinski definition) is 3. The lowest BCUT2D eigenvalue weighted by Gasteiger charge is -2.30. The van der Waals surface area contributed by atoms with Gasteiger partial charge in [0, 0.05) is 20.0 Å². The molecule has 212 valence electrons. The minimum Gasteiger partial charge on any atom is -0.390 e. The number of benzene rings is 2. The molecule has 9 nitrogen and oxygen atoms in total. The van der Waals surface area contributed by atoms with Crippen molar-refractivity contribution in [2.45, 2.75) is 76.0 Å². The van der Waals surface area contributed by atoms with Crippen molar-refractivity contribution in [3.8, 4) is 0 Å². The molecule has 3 aromatic rings. The molecule has 0 fully saturated rings. The van der Waals surface area contributed by atoms with Gasteiger partial charge >= 0.3 is 0 Å². The fraction of sp³-hybridized carbons (Fsp3) is 0.464. The molecule has 1 heterocycles. The monoisotopic (exact) mass is 574 g/mol. The van der Waals surface area contributed by atoms with E-state index in [9.17, 15) is 23.1 Å². The zero-order valence-electron chi connectivity index (χ0n) is 22.7. The van der Waals surface area contributed by atoms with Gasteiger partial charge in [0.15, 0.2) is 0 Å². The summed E-state index contributed by atoms with van der Waals surface area (Å²) in [6.45, 7) is 5.00. The van der Waals surface area contributed by atoms with Gasteiger partial charge in [-0.05, 0) is 49.9 Å². The van der Waals surface area contributed by atoms with E-state index in [1.54, 1.807) is 30.6 Å². The van der Waals surface area contributed by atoms with Crippen LogP contribution in [0, 0.1) is 0 Å². The number of aliphatic hydroxyl groups excluding tert-OH is 1. The number of amides is 2. The van der Waals surface area contributed by atoms with Crippen molar-refractivity contribution in [2.24, 2.45) is 0 Å². The van der Waals surface area contributed by atoms with Crippen molar-refractivity contribution in [3.63, 3.8) is 0 Å². The van der Waals surface area contributed by atoms with Gasteiger partial charge in [-0.2, -0.15) is 4.31 Å². The van der Waals surface area contributed by atoms with Gasteiger partial charge in [0.05, 0.1) is 32.8 Å². The van der Waals surface area contributed by atoms with Gasteiger partial charge in [0.1, 0.15) is 6.04 Å². The van der Waals surface area contributed by atoms with Crippen LogP contribution in [-0.2, 0) is 26.0 Å². The van der Waals surface area contributed by atoms with Crippen LogP contribution in [0.2, 0.25) is 0 Å². The molecule has 0 unspecified atom stereocenters. The van der Waals surface area contributed by atoms with Gasteiger partial charge in [-0.3, -0.25) is 9.59 Å². The molecule has 0 spiro atoms. The highest BCUT2D eigenvalue weighted by Gasteiger charge is 2.31. The van der Waals surface area contributed by atoms with Crippen molar-refractivity contribution in [3.05, 3.63) is 59.6 Å². The van der Waals surface area contributed by atoms with Crippen LogP contribution >= 0.6 is 11.3 Å². The standard InChI is InChI=1S/C28H38N4O5S2/c1-4-5-9-16-32(39(36,37)23-13-15-25-27(17-23)38-19-29-25)18-26(34)24(14-12-22-10-7-6-8-11-22)31-28(35)20(2)30-21(3)33/h6-8,10-11,13,15,17,19-20,24,26,34H,4-5,9,12,14,16,18H2,1-3H3,(H,30,33)(H,31,35)/t20-,24-,26+/m0/s1. The Labute approximate surface area is 234 Å². The third-order valence-corrected chi connectivity index (χ3v) is 9.19. The fourth-order valence-electron chi connectivity index (χ4n) is 4.33. The lowest BCUT2D eigenvalue weighted by Crippen LogP contribution is -2.54. The molecule has 1 aromatic heterocycles. The van der Waals surface area contributed by atoms with Crippen LogP contribution in [0.15, 0.2) is 58.9 Å². The van der Waals surface area contributed by atoms with Crippen molar-refractivity contribution in [2.75, 3.05) is 13.1 Å². The normalized spacial score (nSPS) is 14.2. The second-order valence-electron chi connectivity index (χ2n) is 9.68. The molecule has 0 aliphatic carbocycles. The topological polar surface area (TPSA) is 129 Å². The Balaban J connectivity index is 1.84. The number of thiazole rings is 1. The molecule has 39 heavy (non-hydrogen) atoms. The van der Waals surface area contributed by atoms with Gasteiger partial charge in [-0.1, -0.05) is 50.1 Å². The number of aromatic nitrogens is 1. The summed E-state index contributed by atoms with van der Waals surface area (Å²) in [4.78, 5) is 28.7. The molecule has 0 saturated heterocycles. The summed E-state index contributed by atoms with van der Waals surface area (Å²) in [5, 5.41) is 16.8. The maximum absolute atomic E-state index is 13.7. The molecule has 3 rings (SSSR count). The van der Waals surface area contributed by atoms with Crippen LogP contribution in [0.3, 0.4) is 0 Å². The van der Waals surface area contributed by atoms with Gasteiger partial charge in [-0.25, -0.2) is 13.4 Å². The van der Waals surface area contributed by atoms with E-state index < -0.39 is 34.1 Å². The first kappa shape index (κ1) is 30.7. The zero-order valence-corrected chi connectivity index (χ0v) is 24.3. The molecule has 0 bridgehead atoms. The molecular weight excluding hydrogens is 536 g/mol. The van der Waals surface area contributed by atoms with Crippen molar-refractivity contribution >= 4 is 43.4 Å². The number of sulfonamides is 1. The number of nitrogens with one attached hydrogen (secondary N) is 2. The second kappa shape index (κ2) is 14.5. The number of aryl methyl sites for hydroxylation is 1. The van der Waals surface area contributed by atoms with E-state index in [1.807, 2.05) is 37.3 Å². The van der Waals surface area contributed by atoms with E-state index in [2.05, 4.69) is 15.6 Å². The Morgan fingerprint density at radius 1 is 1.10 bits per heavy atom. The van der Waals surface area contributed by atoms with Crippen molar-refractivity contribution in [1.29, 1.82) is 0 Å². The highest BCUT2D eigenvalue weighted by Crippen LogP contribution is 2.25. The number of carbonyl (C=O) groups is 2. The van der Waals surface area contributed by atoms with Crippen LogP contribution in [0.25, 0.3) is 10.2 Å². The highest BCUT2D eigenvalue weighted by atomic mass is 32.2. The summed E-state index contributed by atoms with van der Waals surface area (Å²) < 4.78 is 29.6. The van der Waals surface area contributed by atoms with Crippen LogP contribution in [0.1, 0.15) is 52.0 Å². The Morgan fingerprint density at radius 2 is 1.85 bits per heavy atom. The molecule has 3 atom stereocenters. The predicted octanol–water partition coefficient (Wildman–Crippen LogP) is 3.48. The minimum absolute atomic E-state index is 0.145. The minimum atomic E-state index is -3.92. The van der Waals surface area contributed by atoms with Gasteiger partial charge in [-0.15, -0.1) is 11.3 Å². The lowest BCUT2D eigenvalue weighted by atomic mass is 10.0. The van der Waals surface area contributed by atoms with Crippen LogP contribution in [-0.4, -0.2) is 65.9 Å². The third kappa shape index (κ3) is 8.82. The summed E-state index contributed by atoms with van der Waals surface area (Å²) in [7, 11) is -3.92. The number of unbranched alkanes of at least 4 members (excludes halogenated alkanes) is 2. The van der Waals surface area contributed by atoms with E-state index in [0.29, 0.717) is 19.3 Å². The van der Waals surface area contributed by atoms with E-state index >= 15 is 0 Å². The zero-order chi connectivity index (χ0) is 28.4. The van der Waals surface area contributed by atoms with E-state index in [4.69, 9.17) is 0 Å². The Hall–Kier alpha value is -2.86. The summed E-state index contributed by atoms with van der Waals surface area (Å²) in [6.07, 6.45) is 2.19. The molecule has 0 saturated carbocycles. The predicted molar refractivity (Wildman–Crippen MR) is 154 cm³/mol. The first-order valence-corrected chi connectivity index (χ1v) is 15.6. The van der Waals surface area contributed by atoms with Crippen LogP contribution < -0.4 is 10.6 Å².